The van der Waals surface area contributed by atoms with Crippen LogP contribution in [-0.4, -0.2) is 15.3 Å². The molecule has 2 aromatic heterocycles. The van der Waals surface area contributed by atoms with Crippen molar-refractivity contribution < 1.29 is 4.79 Å². The molecule has 2 aromatic rings. The van der Waals surface area contributed by atoms with Gasteiger partial charge in [0.1, 0.15) is 5.65 Å². The van der Waals surface area contributed by atoms with Gasteiger partial charge in [-0.05, 0) is 18.2 Å². The summed E-state index contributed by atoms with van der Waals surface area (Å²) in [6.45, 7) is 0. The van der Waals surface area contributed by atoms with Gasteiger partial charge in [0.15, 0.2) is 0 Å². The van der Waals surface area contributed by atoms with Crippen molar-refractivity contribution in [2.45, 2.75) is 0 Å². The Balaban J connectivity index is 2.48. The van der Waals surface area contributed by atoms with Crippen LogP contribution in [0.4, 0.5) is 0 Å². The fraction of sp³-hybridized carbons (Fsp3) is 0. The lowest BCUT2D eigenvalue weighted by molar-refractivity contribution is -0.113. The molecule has 2 heterocycles. The zero-order chi connectivity index (χ0) is 9.97. The molecule has 0 spiro atoms. The number of carbonyl (C=O) groups excluding carboxylic acids is 1. The van der Waals surface area contributed by atoms with E-state index in [0.29, 0.717) is 0 Å². The van der Waals surface area contributed by atoms with E-state index in [0.717, 1.165) is 11.3 Å². The van der Waals surface area contributed by atoms with Crippen molar-refractivity contribution in [3.05, 3.63) is 42.4 Å². The lowest BCUT2D eigenvalue weighted by Crippen LogP contribution is -2.05. The number of hydrogen-bond donors (Lipinski definition) is 1. The summed E-state index contributed by atoms with van der Waals surface area (Å²) in [5, 5.41) is 0. The molecule has 0 aromatic carbocycles. The van der Waals surface area contributed by atoms with Crippen LogP contribution >= 0.6 is 0 Å². The summed E-state index contributed by atoms with van der Waals surface area (Å²) in [5.74, 6) is -0.462. The molecule has 4 nitrogen and oxygen atoms in total. The highest BCUT2D eigenvalue weighted by molar-refractivity contribution is 5.90. The minimum Gasteiger partial charge on any atom is -0.366 e. The number of aromatic nitrogens is 2. The number of primary amides is 1. The van der Waals surface area contributed by atoms with Gasteiger partial charge in [-0.15, -0.1) is 0 Å². The molecular weight excluding hydrogens is 178 g/mol. The van der Waals surface area contributed by atoms with Crippen molar-refractivity contribution in [3.8, 4) is 0 Å². The molecule has 4 heteroatoms. The topological polar surface area (TPSA) is 60.4 Å². The fourth-order valence-corrected chi connectivity index (χ4v) is 1.24. The Morgan fingerprint density at radius 2 is 2.36 bits per heavy atom. The summed E-state index contributed by atoms with van der Waals surface area (Å²) in [5.41, 5.74) is 6.67. The van der Waals surface area contributed by atoms with E-state index in [2.05, 4.69) is 4.98 Å². The van der Waals surface area contributed by atoms with Crippen LogP contribution in [-0.2, 0) is 4.79 Å². The Labute approximate surface area is 80.7 Å². The van der Waals surface area contributed by atoms with Gasteiger partial charge in [0, 0.05) is 12.3 Å². The van der Waals surface area contributed by atoms with E-state index >= 15 is 0 Å². The molecule has 0 unspecified atom stereocenters. The van der Waals surface area contributed by atoms with Crippen molar-refractivity contribution in [3.63, 3.8) is 0 Å². The molecule has 2 rings (SSSR count). The highest BCUT2D eigenvalue weighted by Gasteiger charge is 1.97. The average Bonchev–Trinajstić information content (AvgIpc) is 2.58. The molecule has 0 fully saturated rings. The Morgan fingerprint density at radius 1 is 1.50 bits per heavy atom. The molecule has 14 heavy (non-hydrogen) atoms. The third-order valence-corrected chi connectivity index (χ3v) is 1.86. The molecule has 0 saturated carbocycles. The van der Waals surface area contributed by atoms with Gasteiger partial charge in [0.05, 0.1) is 11.9 Å². The van der Waals surface area contributed by atoms with Gasteiger partial charge in [-0.25, -0.2) is 4.98 Å². The van der Waals surface area contributed by atoms with E-state index in [1.807, 2.05) is 28.8 Å². The van der Waals surface area contributed by atoms with Crippen molar-refractivity contribution in [2.75, 3.05) is 0 Å². The first-order valence-electron chi connectivity index (χ1n) is 4.17. The summed E-state index contributed by atoms with van der Waals surface area (Å²) in [6.07, 6.45) is 6.52. The van der Waals surface area contributed by atoms with Crippen LogP contribution in [0.1, 0.15) is 5.69 Å². The van der Waals surface area contributed by atoms with Gasteiger partial charge in [-0.2, -0.15) is 0 Å². The SMILES string of the molecule is NC(=O)/C=C\c1cnc2ccccn12. The van der Waals surface area contributed by atoms with Crippen molar-refractivity contribution in [2.24, 2.45) is 5.73 Å². The molecule has 0 aliphatic rings. The van der Waals surface area contributed by atoms with E-state index in [4.69, 9.17) is 5.73 Å². The lowest BCUT2D eigenvalue weighted by atomic mass is 10.4. The molecule has 2 N–H and O–H groups in total. The number of rotatable bonds is 2. The molecule has 0 aliphatic heterocycles. The normalized spacial score (nSPS) is 11.1. The van der Waals surface area contributed by atoms with E-state index in [1.165, 1.54) is 6.08 Å². The maximum atomic E-state index is 10.5. The quantitative estimate of drug-likeness (QED) is 0.708. The van der Waals surface area contributed by atoms with Gasteiger partial charge < -0.3 is 10.1 Å². The van der Waals surface area contributed by atoms with Crippen LogP contribution in [0.5, 0.6) is 0 Å². The van der Waals surface area contributed by atoms with Crippen molar-refractivity contribution in [1.82, 2.24) is 9.38 Å². The molecule has 0 aliphatic carbocycles. The predicted octanol–water partition coefficient (Wildman–Crippen LogP) is 0.833. The fourth-order valence-electron chi connectivity index (χ4n) is 1.24. The molecule has 0 bridgehead atoms. The number of imidazole rings is 1. The Morgan fingerprint density at radius 3 is 3.14 bits per heavy atom. The van der Waals surface area contributed by atoms with Gasteiger partial charge in [0.2, 0.25) is 5.91 Å². The van der Waals surface area contributed by atoms with Gasteiger partial charge in [-0.3, -0.25) is 4.79 Å². The summed E-state index contributed by atoms with van der Waals surface area (Å²) < 4.78 is 1.87. The largest absolute Gasteiger partial charge is 0.366 e. The maximum absolute atomic E-state index is 10.5. The van der Waals surface area contributed by atoms with Crippen molar-refractivity contribution in [1.29, 1.82) is 0 Å². The number of hydrogen-bond acceptors (Lipinski definition) is 2. The van der Waals surface area contributed by atoms with Crippen LogP contribution in [0.3, 0.4) is 0 Å². The summed E-state index contributed by atoms with van der Waals surface area (Å²) in [6, 6.07) is 5.70. The number of nitrogens with zero attached hydrogens (tertiary/aromatic N) is 2. The molecule has 70 valence electrons. The van der Waals surface area contributed by atoms with Gasteiger partial charge in [0.25, 0.3) is 0 Å². The zero-order valence-electron chi connectivity index (χ0n) is 7.42. The maximum Gasteiger partial charge on any atom is 0.241 e. The van der Waals surface area contributed by atoms with Gasteiger partial charge in [-0.1, -0.05) is 6.07 Å². The third kappa shape index (κ3) is 1.50. The van der Waals surface area contributed by atoms with Crippen LogP contribution in [0.2, 0.25) is 0 Å². The first-order valence-corrected chi connectivity index (χ1v) is 4.17. The average molecular weight is 187 g/mol. The zero-order valence-corrected chi connectivity index (χ0v) is 7.42. The highest BCUT2D eigenvalue weighted by atomic mass is 16.1. The minimum absolute atomic E-state index is 0.462. The lowest BCUT2D eigenvalue weighted by Gasteiger charge is -1.93. The Kier molecular flexibility index (Phi) is 2.02. The number of fused-ring (bicyclic) bond motifs is 1. The van der Waals surface area contributed by atoms with E-state index in [9.17, 15) is 4.79 Å². The van der Waals surface area contributed by atoms with E-state index < -0.39 is 5.91 Å². The second-order valence-electron chi connectivity index (χ2n) is 2.85. The first-order chi connectivity index (χ1) is 6.77. The molecule has 1 amide bonds. The summed E-state index contributed by atoms with van der Waals surface area (Å²) in [4.78, 5) is 14.7. The Hall–Kier alpha value is -2.10. The van der Waals surface area contributed by atoms with Crippen LogP contribution < -0.4 is 5.73 Å². The van der Waals surface area contributed by atoms with Gasteiger partial charge >= 0.3 is 0 Å². The summed E-state index contributed by atoms with van der Waals surface area (Å²) >= 11 is 0. The van der Waals surface area contributed by atoms with Crippen LogP contribution in [0.25, 0.3) is 11.7 Å². The number of carbonyl (C=O) groups is 1. The second kappa shape index (κ2) is 3.33. The first kappa shape index (κ1) is 8.50. The molecule has 0 radical (unpaired) electrons. The van der Waals surface area contributed by atoms with E-state index in [1.54, 1.807) is 12.3 Å². The second-order valence-corrected chi connectivity index (χ2v) is 2.85. The van der Waals surface area contributed by atoms with Crippen molar-refractivity contribution >= 4 is 17.6 Å². The highest BCUT2D eigenvalue weighted by Crippen LogP contribution is 2.06. The number of nitrogens with two attached hydrogens (primary N) is 1. The molecule has 0 saturated heterocycles. The summed E-state index contributed by atoms with van der Waals surface area (Å²) in [7, 11) is 0. The Bertz CT molecular complexity index is 499. The number of pyridine rings is 1. The standard InChI is InChI=1S/C10H9N3O/c11-9(14)5-4-8-7-12-10-3-1-2-6-13(8)10/h1-7H,(H2,11,14)/b5-4-. The molecule has 0 atom stereocenters. The number of amides is 1. The van der Waals surface area contributed by atoms with E-state index in [-0.39, 0.29) is 0 Å². The van der Waals surface area contributed by atoms with Crippen LogP contribution in [0.15, 0.2) is 36.7 Å². The molecular formula is C10H9N3O. The minimum atomic E-state index is -0.462. The third-order valence-electron chi connectivity index (χ3n) is 1.86. The smallest absolute Gasteiger partial charge is 0.241 e. The van der Waals surface area contributed by atoms with Crippen LogP contribution in [0, 0.1) is 0 Å². The monoisotopic (exact) mass is 187 g/mol. The predicted molar refractivity (Wildman–Crippen MR) is 53.4 cm³/mol.